The maximum atomic E-state index is 10.8. The van der Waals surface area contributed by atoms with Gasteiger partial charge < -0.3 is 10.8 Å². The summed E-state index contributed by atoms with van der Waals surface area (Å²) in [5.74, 6) is -0.955. The van der Waals surface area contributed by atoms with Crippen LogP contribution < -0.4 is 5.73 Å². The maximum absolute atomic E-state index is 10.8. The van der Waals surface area contributed by atoms with Crippen molar-refractivity contribution in [2.45, 2.75) is 6.54 Å². The Hall–Kier alpha value is -2.14. The topological polar surface area (TPSA) is 81.1 Å². The van der Waals surface area contributed by atoms with Crippen molar-refractivity contribution < 1.29 is 9.90 Å². The SMILES string of the molecule is NCc1ccnn1-c1cccc(C(=O)O)c1. The Morgan fingerprint density at radius 3 is 2.94 bits per heavy atom. The van der Waals surface area contributed by atoms with Crippen LogP contribution in [0.25, 0.3) is 5.69 Å². The summed E-state index contributed by atoms with van der Waals surface area (Å²) >= 11 is 0. The van der Waals surface area contributed by atoms with Crippen molar-refractivity contribution in [3.63, 3.8) is 0 Å². The van der Waals surface area contributed by atoms with Gasteiger partial charge in [-0.15, -0.1) is 0 Å². The number of nitrogens with zero attached hydrogens (tertiary/aromatic N) is 2. The number of hydrogen-bond acceptors (Lipinski definition) is 3. The Morgan fingerprint density at radius 2 is 2.25 bits per heavy atom. The summed E-state index contributed by atoms with van der Waals surface area (Å²) in [4.78, 5) is 10.8. The van der Waals surface area contributed by atoms with Crippen molar-refractivity contribution >= 4 is 5.97 Å². The number of carboxylic acids is 1. The van der Waals surface area contributed by atoms with E-state index in [1.54, 1.807) is 35.1 Å². The predicted octanol–water partition coefficient (Wildman–Crippen LogP) is 1.03. The molecule has 0 saturated heterocycles. The van der Waals surface area contributed by atoms with E-state index in [1.165, 1.54) is 6.07 Å². The van der Waals surface area contributed by atoms with Crippen molar-refractivity contribution in [2.75, 3.05) is 0 Å². The molecule has 0 bridgehead atoms. The van der Waals surface area contributed by atoms with Gasteiger partial charge in [-0.05, 0) is 24.3 Å². The number of carbonyl (C=O) groups is 1. The average molecular weight is 217 g/mol. The standard InChI is InChI=1S/C11H11N3O2/c12-7-10-4-5-13-14(10)9-3-1-2-8(6-9)11(15)16/h1-6H,7,12H2,(H,15,16). The first kappa shape index (κ1) is 10.4. The number of rotatable bonds is 3. The zero-order valence-electron chi connectivity index (χ0n) is 8.50. The van der Waals surface area contributed by atoms with Crippen LogP contribution in [0.5, 0.6) is 0 Å². The lowest BCUT2D eigenvalue weighted by Crippen LogP contribution is -2.07. The molecule has 0 spiro atoms. The van der Waals surface area contributed by atoms with Crippen LogP contribution in [0.4, 0.5) is 0 Å². The normalized spacial score (nSPS) is 10.3. The van der Waals surface area contributed by atoms with E-state index in [1.807, 2.05) is 0 Å². The van der Waals surface area contributed by atoms with E-state index in [0.29, 0.717) is 12.2 Å². The van der Waals surface area contributed by atoms with Crippen LogP contribution >= 0.6 is 0 Å². The van der Waals surface area contributed by atoms with Crippen LogP contribution in [0.15, 0.2) is 36.5 Å². The number of carboxylic acid groups (broad SMARTS) is 1. The molecular weight excluding hydrogens is 206 g/mol. The Bertz CT molecular complexity index is 519. The van der Waals surface area contributed by atoms with Gasteiger partial charge in [0.2, 0.25) is 0 Å². The molecule has 0 amide bonds. The molecule has 3 N–H and O–H groups in total. The molecule has 0 fully saturated rings. The zero-order valence-corrected chi connectivity index (χ0v) is 8.50. The molecule has 16 heavy (non-hydrogen) atoms. The molecular formula is C11H11N3O2. The fourth-order valence-corrected chi connectivity index (χ4v) is 1.49. The molecule has 82 valence electrons. The second kappa shape index (κ2) is 4.16. The summed E-state index contributed by atoms with van der Waals surface area (Å²) in [6.45, 7) is 0.358. The van der Waals surface area contributed by atoms with Gasteiger partial charge in [-0.3, -0.25) is 0 Å². The highest BCUT2D eigenvalue weighted by Crippen LogP contribution is 2.12. The van der Waals surface area contributed by atoms with E-state index >= 15 is 0 Å². The van der Waals surface area contributed by atoms with Gasteiger partial charge >= 0.3 is 5.97 Å². The van der Waals surface area contributed by atoms with Crippen LogP contribution in [0.2, 0.25) is 0 Å². The Kier molecular flexibility index (Phi) is 2.70. The maximum Gasteiger partial charge on any atom is 0.335 e. The van der Waals surface area contributed by atoms with E-state index in [4.69, 9.17) is 10.8 Å². The minimum Gasteiger partial charge on any atom is -0.478 e. The van der Waals surface area contributed by atoms with Crippen molar-refractivity contribution in [1.29, 1.82) is 0 Å². The molecule has 0 atom stereocenters. The average Bonchev–Trinajstić information content (AvgIpc) is 2.77. The zero-order chi connectivity index (χ0) is 11.5. The van der Waals surface area contributed by atoms with E-state index in [-0.39, 0.29) is 5.56 Å². The first-order valence-corrected chi connectivity index (χ1v) is 4.79. The monoisotopic (exact) mass is 217 g/mol. The van der Waals surface area contributed by atoms with Crippen molar-refractivity contribution in [2.24, 2.45) is 5.73 Å². The summed E-state index contributed by atoms with van der Waals surface area (Å²) in [6.07, 6.45) is 1.63. The minimum atomic E-state index is -0.955. The van der Waals surface area contributed by atoms with Crippen LogP contribution in [-0.4, -0.2) is 20.9 Å². The van der Waals surface area contributed by atoms with Gasteiger partial charge in [0.15, 0.2) is 0 Å². The third-order valence-electron chi connectivity index (χ3n) is 2.27. The van der Waals surface area contributed by atoms with Crippen molar-refractivity contribution in [3.05, 3.63) is 47.8 Å². The molecule has 1 aromatic carbocycles. The van der Waals surface area contributed by atoms with Gasteiger partial charge in [0.05, 0.1) is 16.9 Å². The molecule has 5 nitrogen and oxygen atoms in total. The van der Waals surface area contributed by atoms with Crippen LogP contribution in [-0.2, 0) is 6.54 Å². The molecule has 0 aliphatic rings. The summed E-state index contributed by atoms with van der Waals surface area (Å²) in [6, 6.07) is 8.37. The minimum absolute atomic E-state index is 0.232. The molecule has 2 rings (SSSR count). The number of nitrogens with two attached hydrogens (primary N) is 1. The Balaban J connectivity index is 2.48. The molecule has 0 saturated carbocycles. The van der Waals surface area contributed by atoms with Crippen molar-refractivity contribution in [3.8, 4) is 5.69 Å². The van der Waals surface area contributed by atoms with E-state index < -0.39 is 5.97 Å². The second-order valence-corrected chi connectivity index (χ2v) is 3.29. The molecule has 1 aromatic heterocycles. The molecule has 2 aromatic rings. The third kappa shape index (κ3) is 1.80. The second-order valence-electron chi connectivity index (χ2n) is 3.29. The lowest BCUT2D eigenvalue weighted by atomic mass is 10.2. The summed E-state index contributed by atoms with van der Waals surface area (Å²) in [7, 11) is 0. The molecule has 0 unspecified atom stereocenters. The fraction of sp³-hybridized carbons (Fsp3) is 0.0909. The molecule has 0 aliphatic heterocycles. The van der Waals surface area contributed by atoms with Crippen LogP contribution in [0.3, 0.4) is 0 Å². The van der Waals surface area contributed by atoms with Crippen LogP contribution in [0.1, 0.15) is 16.1 Å². The third-order valence-corrected chi connectivity index (χ3v) is 2.27. The lowest BCUT2D eigenvalue weighted by molar-refractivity contribution is 0.0697. The Morgan fingerprint density at radius 1 is 1.44 bits per heavy atom. The van der Waals surface area contributed by atoms with Gasteiger partial charge in [0.1, 0.15) is 0 Å². The quantitative estimate of drug-likeness (QED) is 0.804. The van der Waals surface area contributed by atoms with Gasteiger partial charge in [-0.25, -0.2) is 9.48 Å². The van der Waals surface area contributed by atoms with Gasteiger partial charge in [0.25, 0.3) is 0 Å². The highest BCUT2D eigenvalue weighted by molar-refractivity contribution is 5.88. The summed E-state index contributed by atoms with van der Waals surface area (Å²) < 4.78 is 1.63. The largest absolute Gasteiger partial charge is 0.478 e. The molecule has 5 heteroatoms. The highest BCUT2D eigenvalue weighted by Gasteiger charge is 2.07. The van der Waals surface area contributed by atoms with E-state index in [0.717, 1.165) is 5.69 Å². The first-order valence-electron chi connectivity index (χ1n) is 4.79. The van der Waals surface area contributed by atoms with Crippen molar-refractivity contribution in [1.82, 2.24) is 9.78 Å². The number of aromatic carboxylic acids is 1. The Labute approximate surface area is 92.1 Å². The summed E-state index contributed by atoms with van der Waals surface area (Å²) in [5, 5.41) is 13.0. The number of aromatic nitrogens is 2. The molecule has 1 heterocycles. The molecule has 0 aliphatic carbocycles. The first-order chi connectivity index (χ1) is 7.72. The van der Waals surface area contributed by atoms with Gasteiger partial charge in [-0.2, -0.15) is 5.10 Å². The van der Waals surface area contributed by atoms with Crippen LogP contribution in [0, 0.1) is 0 Å². The highest BCUT2D eigenvalue weighted by atomic mass is 16.4. The lowest BCUT2D eigenvalue weighted by Gasteiger charge is -2.06. The van der Waals surface area contributed by atoms with Gasteiger partial charge in [-0.1, -0.05) is 6.07 Å². The van der Waals surface area contributed by atoms with E-state index in [9.17, 15) is 4.79 Å². The predicted molar refractivity (Wildman–Crippen MR) is 58.4 cm³/mol. The molecule has 0 radical (unpaired) electrons. The van der Waals surface area contributed by atoms with E-state index in [2.05, 4.69) is 5.10 Å². The number of hydrogen-bond donors (Lipinski definition) is 2. The summed E-state index contributed by atoms with van der Waals surface area (Å²) in [5.41, 5.74) is 7.32. The number of benzene rings is 1. The fourth-order valence-electron chi connectivity index (χ4n) is 1.49. The smallest absolute Gasteiger partial charge is 0.335 e. The van der Waals surface area contributed by atoms with Gasteiger partial charge in [0, 0.05) is 12.7 Å².